The van der Waals surface area contributed by atoms with Crippen molar-refractivity contribution in [3.8, 4) is 0 Å². The smallest absolute Gasteiger partial charge is 0.445 e. The van der Waals surface area contributed by atoms with Crippen molar-refractivity contribution < 1.29 is 32.4 Å². The Hall–Kier alpha value is -3.04. The van der Waals surface area contributed by atoms with Crippen molar-refractivity contribution in [2.75, 3.05) is 6.54 Å². The minimum Gasteiger partial charge on any atom is -0.445 e. The van der Waals surface area contributed by atoms with E-state index < -0.39 is 41.8 Å². The third-order valence-electron chi connectivity index (χ3n) is 6.01. The number of ketones is 1. The standard InChI is InChI=1S/C25H28BF2NO5/c1-16(30)20-12-18(21(27)13-22(20)28)11-19(26-33-24(2,3)25(4,5)34-26)14-29-23(31)32-15-17-9-7-6-8-10-17/h6-13H,14-15H2,1-5H3,(H,29,31). The first kappa shape index (κ1) is 25.6. The Morgan fingerprint density at radius 3 is 2.24 bits per heavy atom. The monoisotopic (exact) mass is 471 g/mol. The van der Waals surface area contributed by atoms with Gasteiger partial charge >= 0.3 is 13.2 Å². The lowest BCUT2D eigenvalue weighted by Gasteiger charge is -2.32. The largest absolute Gasteiger partial charge is 0.492 e. The molecule has 0 unspecified atom stereocenters. The van der Waals surface area contributed by atoms with Crippen LogP contribution in [0.15, 0.2) is 47.9 Å². The van der Waals surface area contributed by atoms with E-state index in [1.165, 1.54) is 13.0 Å². The molecule has 180 valence electrons. The van der Waals surface area contributed by atoms with Gasteiger partial charge in [-0.05, 0) is 51.7 Å². The Labute approximate surface area is 198 Å². The van der Waals surface area contributed by atoms with Crippen LogP contribution >= 0.6 is 0 Å². The molecule has 6 nitrogen and oxygen atoms in total. The van der Waals surface area contributed by atoms with E-state index in [2.05, 4.69) is 5.32 Å². The lowest BCUT2D eigenvalue weighted by Crippen LogP contribution is -2.41. The van der Waals surface area contributed by atoms with Crippen molar-refractivity contribution in [1.29, 1.82) is 0 Å². The maximum Gasteiger partial charge on any atom is 0.492 e. The number of amides is 1. The van der Waals surface area contributed by atoms with Gasteiger partial charge < -0.3 is 19.4 Å². The van der Waals surface area contributed by atoms with Gasteiger partial charge in [0.15, 0.2) is 5.78 Å². The van der Waals surface area contributed by atoms with E-state index >= 15 is 0 Å². The van der Waals surface area contributed by atoms with Crippen molar-refractivity contribution in [2.24, 2.45) is 0 Å². The molecule has 0 bridgehead atoms. The third-order valence-corrected chi connectivity index (χ3v) is 6.01. The number of Topliss-reactive ketones (excluding diaryl/α,β-unsaturated/α-hetero) is 1. The molecular formula is C25H28BF2NO5. The molecule has 2 aromatic carbocycles. The number of hydrogen-bond acceptors (Lipinski definition) is 5. The predicted octanol–water partition coefficient (Wildman–Crippen LogP) is 5.11. The van der Waals surface area contributed by atoms with Crippen molar-refractivity contribution in [3.05, 3.63) is 76.3 Å². The van der Waals surface area contributed by atoms with E-state index in [0.29, 0.717) is 11.5 Å². The lowest BCUT2D eigenvalue weighted by molar-refractivity contribution is 0.00578. The number of carbonyl (C=O) groups is 2. The van der Waals surface area contributed by atoms with Crippen LogP contribution in [0, 0.1) is 11.6 Å². The minimum absolute atomic E-state index is 0.0317. The summed E-state index contributed by atoms with van der Waals surface area (Å²) in [5.41, 5.74) is -0.445. The number of nitrogens with one attached hydrogen (secondary N) is 1. The van der Waals surface area contributed by atoms with Gasteiger partial charge in [0.05, 0.1) is 16.8 Å². The molecule has 0 radical (unpaired) electrons. The number of hydrogen-bond donors (Lipinski definition) is 1. The minimum atomic E-state index is -0.943. The zero-order chi connectivity index (χ0) is 25.1. The summed E-state index contributed by atoms with van der Waals surface area (Å²) < 4.78 is 45.9. The number of carbonyl (C=O) groups excluding carboxylic acids is 2. The fraction of sp³-hybridized carbons (Fsp3) is 0.360. The van der Waals surface area contributed by atoms with Crippen LogP contribution in [-0.2, 0) is 20.7 Å². The van der Waals surface area contributed by atoms with E-state index in [1.807, 2.05) is 58.0 Å². The summed E-state index contributed by atoms with van der Waals surface area (Å²) in [4.78, 5) is 24.0. The average molecular weight is 471 g/mol. The van der Waals surface area contributed by atoms with Gasteiger partial charge in [-0.25, -0.2) is 13.6 Å². The highest BCUT2D eigenvalue weighted by Gasteiger charge is 2.52. The number of ether oxygens (including phenoxy) is 1. The van der Waals surface area contributed by atoms with Gasteiger partial charge in [-0.2, -0.15) is 0 Å². The average Bonchev–Trinajstić information content (AvgIpc) is 2.98. The molecule has 9 heteroatoms. The molecule has 1 heterocycles. The van der Waals surface area contributed by atoms with Crippen LogP contribution < -0.4 is 5.32 Å². The Morgan fingerprint density at radius 2 is 1.65 bits per heavy atom. The second-order valence-electron chi connectivity index (χ2n) is 9.13. The van der Waals surface area contributed by atoms with Crippen molar-refractivity contribution in [1.82, 2.24) is 5.32 Å². The van der Waals surface area contributed by atoms with Gasteiger partial charge in [0, 0.05) is 18.2 Å². The van der Waals surface area contributed by atoms with Crippen LogP contribution in [0.2, 0.25) is 0 Å². The molecule has 0 aliphatic carbocycles. The van der Waals surface area contributed by atoms with Gasteiger partial charge in [0.2, 0.25) is 0 Å². The summed E-state index contributed by atoms with van der Waals surface area (Å²) in [6.45, 7) is 8.63. The van der Waals surface area contributed by atoms with Crippen LogP contribution in [0.4, 0.5) is 13.6 Å². The molecule has 1 fully saturated rings. The normalized spacial score (nSPS) is 16.9. The molecule has 1 N–H and O–H groups in total. The maximum absolute atomic E-state index is 14.6. The van der Waals surface area contributed by atoms with Gasteiger partial charge in [-0.15, -0.1) is 0 Å². The fourth-order valence-corrected chi connectivity index (χ4v) is 3.29. The van der Waals surface area contributed by atoms with E-state index in [9.17, 15) is 18.4 Å². The van der Waals surface area contributed by atoms with E-state index in [-0.39, 0.29) is 24.3 Å². The fourth-order valence-electron chi connectivity index (χ4n) is 3.29. The van der Waals surface area contributed by atoms with Crippen molar-refractivity contribution in [2.45, 2.75) is 52.4 Å². The molecule has 1 amide bonds. The van der Waals surface area contributed by atoms with Crippen LogP contribution in [0.1, 0.15) is 56.1 Å². The quantitative estimate of drug-likeness (QED) is 0.449. The topological polar surface area (TPSA) is 73.9 Å². The van der Waals surface area contributed by atoms with Gasteiger partial charge in [0.1, 0.15) is 18.2 Å². The van der Waals surface area contributed by atoms with Crippen LogP contribution in [0.5, 0.6) is 0 Å². The zero-order valence-corrected chi connectivity index (χ0v) is 19.9. The molecule has 1 aliphatic rings. The van der Waals surface area contributed by atoms with E-state index in [0.717, 1.165) is 11.6 Å². The van der Waals surface area contributed by atoms with E-state index in [1.54, 1.807) is 0 Å². The first-order valence-electron chi connectivity index (χ1n) is 10.9. The Morgan fingerprint density at radius 1 is 1.03 bits per heavy atom. The van der Waals surface area contributed by atoms with Crippen LogP contribution in [-0.4, -0.2) is 36.7 Å². The SMILES string of the molecule is CC(=O)c1cc(C=C(CNC(=O)OCc2ccccc2)B2OC(C)(C)C(C)(C)O2)c(F)cc1F. The molecular weight excluding hydrogens is 443 g/mol. The summed E-state index contributed by atoms with van der Waals surface area (Å²) in [6, 6.07) is 11.0. The molecule has 0 saturated carbocycles. The molecule has 0 atom stereocenters. The first-order chi connectivity index (χ1) is 15.9. The molecule has 1 saturated heterocycles. The first-order valence-corrected chi connectivity index (χ1v) is 10.9. The van der Waals surface area contributed by atoms with Gasteiger partial charge in [-0.3, -0.25) is 4.79 Å². The van der Waals surface area contributed by atoms with Crippen molar-refractivity contribution >= 4 is 25.1 Å². The molecule has 2 aromatic rings. The number of rotatable bonds is 7. The lowest BCUT2D eigenvalue weighted by atomic mass is 9.76. The van der Waals surface area contributed by atoms with Crippen LogP contribution in [0.3, 0.4) is 0 Å². The second kappa shape index (κ2) is 10.1. The highest BCUT2D eigenvalue weighted by Crippen LogP contribution is 2.39. The van der Waals surface area contributed by atoms with Crippen molar-refractivity contribution in [3.63, 3.8) is 0 Å². The predicted molar refractivity (Wildman–Crippen MR) is 125 cm³/mol. The third kappa shape index (κ3) is 5.90. The summed E-state index contributed by atoms with van der Waals surface area (Å²) in [5, 5.41) is 2.62. The molecule has 0 aromatic heterocycles. The Bertz CT molecular complexity index is 1090. The maximum atomic E-state index is 14.6. The Balaban J connectivity index is 1.84. The number of halogens is 2. The summed E-state index contributed by atoms with van der Waals surface area (Å²) in [7, 11) is -0.912. The molecule has 3 rings (SSSR count). The van der Waals surface area contributed by atoms with Gasteiger partial charge in [-0.1, -0.05) is 36.4 Å². The number of alkyl carbamates (subject to hydrolysis) is 1. The summed E-state index contributed by atoms with van der Waals surface area (Å²) in [6.07, 6.45) is 0.705. The number of benzene rings is 2. The van der Waals surface area contributed by atoms with Gasteiger partial charge in [0.25, 0.3) is 0 Å². The molecule has 34 heavy (non-hydrogen) atoms. The molecule has 0 spiro atoms. The summed E-state index contributed by atoms with van der Waals surface area (Å²) >= 11 is 0. The van der Waals surface area contributed by atoms with Crippen LogP contribution in [0.25, 0.3) is 6.08 Å². The van der Waals surface area contributed by atoms with E-state index in [4.69, 9.17) is 14.0 Å². The highest BCUT2D eigenvalue weighted by atomic mass is 19.1. The second-order valence-corrected chi connectivity index (χ2v) is 9.13. The molecule has 1 aliphatic heterocycles. The Kier molecular flexibility index (Phi) is 7.58. The zero-order valence-electron chi connectivity index (χ0n) is 19.9. The summed E-state index contributed by atoms with van der Waals surface area (Å²) in [5.74, 6) is -2.34. The highest BCUT2D eigenvalue weighted by molar-refractivity contribution is 6.56.